The molecule has 7 atom stereocenters. The van der Waals surface area contributed by atoms with Gasteiger partial charge in [-0.1, -0.05) is 50.6 Å². The topological polar surface area (TPSA) is 193 Å². The highest BCUT2D eigenvalue weighted by Gasteiger charge is 2.63. The predicted octanol–water partition coefficient (Wildman–Crippen LogP) is 3.82. The Hall–Kier alpha value is -4.40. The third kappa shape index (κ3) is 7.16. The van der Waals surface area contributed by atoms with Gasteiger partial charge < -0.3 is 30.1 Å². The Labute approximate surface area is 309 Å². The Bertz CT molecular complexity index is 1950. The molecule has 7 rings (SSSR count). The first-order valence-corrected chi connectivity index (χ1v) is 20.3. The van der Waals surface area contributed by atoms with Crippen molar-refractivity contribution in [2.24, 2.45) is 17.8 Å². The molecule has 1 saturated heterocycles. The zero-order chi connectivity index (χ0) is 37.7. The van der Waals surface area contributed by atoms with E-state index in [0.717, 1.165) is 35.6 Å². The van der Waals surface area contributed by atoms with Gasteiger partial charge in [-0.3, -0.25) is 19.1 Å². The molecule has 0 radical (unpaired) electrons. The number of nitrogens with one attached hydrogen (secondary N) is 3. The number of benzene rings is 1. The van der Waals surface area contributed by atoms with Crippen LogP contribution in [0.5, 0.6) is 11.8 Å². The van der Waals surface area contributed by atoms with Crippen LogP contribution in [0.3, 0.4) is 0 Å². The quantitative estimate of drug-likeness (QED) is 0.303. The highest BCUT2D eigenvalue weighted by Crippen LogP contribution is 2.48. The molecule has 4 N–H and O–H groups in total. The molecule has 0 bridgehead atoms. The number of aromatic nitrogens is 1. The third-order valence-electron chi connectivity index (χ3n) is 11.9. The number of aryl methyl sites for hydroxylation is 1. The van der Waals surface area contributed by atoms with Gasteiger partial charge in [-0.2, -0.15) is 4.98 Å². The predicted molar refractivity (Wildman–Crippen MR) is 195 cm³/mol. The van der Waals surface area contributed by atoms with Crippen LogP contribution in [0.4, 0.5) is 4.79 Å². The molecule has 0 unspecified atom stereocenters. The van der Waals surface area contributed by atoms with Gasteiger partial charge in [0, 0.05) is 23.3 Å². The number of nitrogens with zero attached hydrogens (tertiary/aromatic N) is 2. The summed E-state index contributed by atoms with van der Waals surface area (Å²) in [5.41, 5.74) is -0.548. The number of amides is 4. The van der Waals surface area contributed by atoms with Crippen LogP contribution in [0.2, 0.25) is 0 Å². The Morgan fingerprint density at radius 2 is 1.92 bits per heavy atom. The van der Waals surface area contributed by atoms with E-state index in [1.807, 2.05) is 43.3 Å². The van der Waals surface area contributed by atoms with Crippen molar-refractivity contribution in [2.75, 3.05) is 13.2 Å². The van der Waals surface area contributed by atoms with Crippen LogP contribution in [0, 0.1) is 17.8 Å². The first kappa shape index (κ1) is 36.9. The maximum Gasteiger partial charge on any atom is 0.405 e. The number of pyridine rings is 1. The van der Waals surface area contributed by atoms with Crippen LogP contribution in [0.15, 0.2) is 36.4 Å². The van der Waals surface area contributed by atoms with Gasteiger partial charge in [-0.25, -0.2) is 13.2 Å². The maximum atomic E-state index is 14.6. The summed E-state index contributed by atoms with van der Waals surface area (Å²) in [7, 11) is -4.00. The molecule has 2 aliphatic carbocycles. The smallest absolute Gasteiger partial charge is 0.405 e. The SMILES string of the molecule is CC[C@@H]1C[C@H](C)CCC=C[C@@H]2C[C@@]2(C(=O)NS(=O)(=O)C2(C)CC2)NC(=O)[C@@H]2C[C@@H](Oc3nc4c(c5ccccc35)CCCO4)CN2C(=O)[C@H]1NC(=O)O. The normalized spacial score (nSPS) is 31.0. The molecule has 4 heterocycles. The summed E-state index contributed by atoms with van der Waals surface area (Å²) in [6.07, 6.45) is 6.97. The van der Waals surface area contributed by atoms with Crippen molar-refractivity contribution >= 4 is 44.6 Å². The standard InChI is InChI=1S/C38H49N5O9S/c1-4-23-18-22(2)10-5-6-11-24-20-38(24,35(46)42-53(49,50)37(3)15-16-37)41-31(44)29-19-25(21-43(29)34(45)30(23)39-36(47)48)52-33-28-13-8-7-12-26(28)27-14-9-17-51-32(27)40-33/h6-8,11-13,22-25,29-30,39H,4-5,9-10,14-21H2,1-3H3,(H,41,44)(H,42,46)(H,47,48)/t22-,23-,24-,25-,29+,30+,38-/m1/s1. The van der Waals surface area contributed by atoms with E-state index in [4.69, 9.17) is 14.5 Å². The summed E-state index contributed by atoms with van der Waals surface area (Å²) < 4.78 is 40.0. The molecule has 2 saturated carbocycles. The van der Waals surface area contributed by atoms with Gasteiger partial charge in [0.15, 0.2) is 0 Å². The van der Waals surface area contributed by atoms with Gasteiger partial charge in [0.1, 0.15) is 23.7 Å². The van der Waals surface area contributed by atoms with E-state index in [-0.39, 0.29) is 31.2 Å². The van der Waals surface area contributed by atoms with Gasteiger partial charge in [0.2, 0.25) is 33.6 Å². The molecule has 1 aromatic heterocycles. The lowest BCUT2D eigenvalue weighted by molar-refractivity contribution is -0.142. The van der Waals surface area contributed by atoms with Crippen LogP contribution in [-0.4, -0.2) is 88.8 Å². The minimum Gasteiger partial charge on any atom is -0.477 e. The van der Waals surface area contributed by atoms with Gasteiger partial charge in [-0.05, 0) is 81.6 Å². The number of carbonyl (C=O) groups excluding carboxylic acids is 3. The van der Waals surface area contributed by atoms with Gasteiger partial charge in [0.25, 0.3) is 5.91 Å². The van der Waals surface area contributed by atoms with Crippen LogP contribution in [-0.2, 0) is 30.8 Å². The van der Waals surface area contributed by atoms with Crippen LogP contribution >= 0.6 is 0 Å². The number of allylic oxidation sites excluding steroid dienone is 1. The van der Waals surface area contributed by atoms with Crippen molar-refractivity contribution in [3.63, 3.8) is 0 Å². The fraction of sp³-hybridized carbons (Fsp3) is 0.605. The van der Waals surface area contributed by atoms with E-state index in [0.29, 0.717) is 50.5 Å². The van der Waals surface area contributed by atoms with Gasteiger partial charge in [-0.15, -0.1) is 0 Å². The van der Waals surface area contributed by atoms with Gasteiger partial charge >= 0.3 is 6.09 Å². The molecule has 5 aliphatic rings. The van der Waals surface area contributed by atoms with E-state index in [1.54, 1.807) is 6.92 Å². The van der Waals surface area contributed by atoms with Crippen molar-refractivity contribution < 1.29 is 42.2 Å². The average molecular weight is 752 g/mol. The third-order valence-corrected chi connectivity index (χ3v) is 14.1. The number of carboxylic acid groups (broad SMARTS) is 1. The lowest BCUT2D eigenvalue weighted by Gasteiger charge is -2.33. The van der Waals surface area contributed by atoms with Crippen molar-refractivity contribution in [2.45, 2.75) is 113 Å². The molecule has 14 nitrogen and oxygen atoms in total. The number of hydrogen-bond acceptors (Lipinski definition) is 9. The molecular formula is C38H49N5O9S. The summed E-state index contributed by atoms with van der Waals surface area (Å²) in [6.45, 7) is 6.02. The summed E-state index contributed by atoms with van der Waals surface area (Å²) in [5, 5.41) is 16.9. The Balaban J connectivity index is 1.24. The zero-order valence-electron chi connectivity index (χ0n) is 30.4. The highest BCUT2D eigenvalue weighted by atomic mass is 32.2. The molecule has 15 heteroatoms. The van der Waals surface area contributed by atoms with Crippen molar-refractivity contribution in [1.82, 2.24) is 25.2 Å². The fourth-order valence-corrected chi connectivity index (χ4v) is 9.55. The monoisotopic (exact) mass is 751 g/mol. The second kappa shape index (κ2) is 14.1. The lowest BCUT2D eigenvalue weighted by Crippen LogP contribution is -2.59. The van der Waals surface area contributed by atoms with E-state index in [1.165, 1.54) is 4.90 Å². The van der Waals surface area contributed by atoms with E-state index in [9.17, 15) is 32.7 Å². The van der Waals surface area contributed by atoms with Crippen molar-refractivity contribution in [3.8, 4) is 11.8 Å². The second-order valence-corrected chi connectivity index (χ2v) is 18.0. The van der Waals surface area contributed by atoms with Gasteiger partial charge in [0.05, 0.1) is 17.9 Å². The number of sulfonamides is 1. The van der Waals surface area contributed by atoms with Crippen molar-refractivity contribution in [3.05, 3.63) is 42.0 Å². The lowest BCUT2D eigenvalue weighted by atomic mass is 9.85. The zero-order valence-corrected chi connectivity index (χ0v) is 31.2. The second-order valence-electron chi connectivity index (χ2n) is 15.8. The summed E-state index contributed by atoms with van der Waals surface area (Å²) >= 11 is 0. The molecule has 53 heavy (non-hydrogen) atoms. The average Bonchev–Trinajstić information content (AvgIpc) is 4.01. The minimum absolute atomic E-state index is 0.0209. The van der Waals surface area contributed by atoms with E-state index < -0.39 is 68.2 Å². The molecule has 4 amide bonds. The first-order valence-electron chi connectivity index (χ1n) is 18.8. The Morgan fingerprint density at radius 3 is 2.64 bits per heavy atom. The number of hydrogen-bond donors (Lipinski definition) is 4. The van der Waals surface area contributed by atoms with Crippen LogP contribution in [0.1, 0.15) is 84.1 Å². The molecular weight excluding hydrogens is 703 g/mol. The number of ether oxygens (including phenoxy) is 2. The summed E-state index contributed by atoms with van der Waals surface area (Å²) in [6, 6.07) is 5.40. The van der Waals surface area contributed by atoms with E-state index in [2.05, 4.69) is 22.3 Å². The molecule has 286 valence electrons. The molecule has 3 fully saturated rings. The molecule has 3 aliphatic heterocycles. The minimum atomic E-state index is -4.00. The van der Waals surface area contributed by atoms with Crippen LogP contribution < -0.4 is 24.8 Å². The van der Waals surface area contributed by atoms with Crippen LogP contribution in [0.25, 0.3) is 10.8 Å². The number of fused-ring (bicyclic) bond motifs is 5. The molecule has 1 aromatic carbocycles. The summed E-state index contributed by atoms with van der Waals surface area (Å²) in [4.78, 5) is 61.1. The number of carbonyl (C=O) groups is 4. The largest absolute Gasteiger partial charge is 0.477 e. The Kier molecular flexibility index (Phi) is 9.83. The Morgan fingerprint density at radius 1 is 1.17 bits per heavy atom. The van der Waals surface area contributed by atoms with E-state index >= 15 is 0 Å². The number of rotatable bonds is 7. The molecule has 0 spiro atoms. The summed E-state index contributed by atoms with van der Waals surface area (Å²) in [5.74, 6) is -1.92. The molecule has 2 aromatic rings. The fourth-order valence-electron chi connectivity index (χ4n) is 8.24. The highest BCUT2D eigenvalue weighted by molar-refractivity contribution is 7.91. The maximum absolute atomic E-state index is 14.6. The van der Waals surface area contributed by atoms with Crippen molar-refractivity contribution in [1.29, 1.82) is 0 Å². The first-order chi connectivity index (χ1) is 25.2.